The van der Waals surface area contributed by atoms with Gasteiger partial charge < -0.3 is 10.1 Å². The molecule has 34 heavy (non-hydrogen) atoms. The lowest BCUT2D eigenvalue weighted by atomic mass is 10.0. The largest absolute Gasteiger partial charge is 0.425 e. The normalized spacial score (nSPS) is 10.9. The summed E-state index contributed by atoms with van der Waals surface area (Å²) in [6.45, 7) is 3.31. The van der Waals surface area contributed by atoms with Crippen molar-refractivity contribution in [3.63, 3.8) is 0 Å². The SMILES string of the molecule is CCCCCCCCCCCCCCCCNc1ccc(CCC(=O)Oc2cccnc2)cc1. The van der Waals surface area contributed by atoms with E-state index in [0.29, 0.717) is 18.6 Å². The first-order valence-electron chi connectivity index (χ1n) is 13.7. The van der Waals surface area contributed by atoms with E-state index in [2.05, 4.69) is 41.5 Å². The van der Waals surface area contributed by atoms with E-state index >= 15 is 0 Å². The highest BCUT2D eigenvalue weighted by Gasteiger charge is 2.05. The molecule has 1 N–H and O–H groups in total. The molecule has 0 aliphatic heterocycles. The number of carbonyl (C=O) groups is 1. The molecule has 2 aromatic rings. The van der Waals surface area contributed by atoms with Crippen molar-refractivity contribution in [1.29, 1.82) is 0 Å². The number of aromatic nitrogens is 1. The molecule has 188 valence electrons. The molecule has 0 saturated heterocycles. The van der Waals surface area contributed by atoms with Gasteiger partial charge in [0.1, 0.15) is 5.75 Å². The maximum absolute atomic E-state index is 12.0. The van der Waals surface area contributed by atoms with Crippen LogP contribution in [0.15, 0.2) is 48.8 Å². The highest BCUT2D eigenvalue weighted by Crippen LogP contribution is 2.15. The summed E-state index contributed by atoms with van der Waals surface area (Å²) >= 11 is 0. The number of aryl methyl sites for hydroxylation is 1. The van der Waals surface area contributed by atoms with E-state index in [1.165, 1.54) is 89.9 Å². The Kier molecular flexibility index (Phi) is 15.6. The van der Waals surface area contributed by atoms with Crippen molar-refractivity contribution in [3.8, 4) is 5.75 Å². The fourth-order valence-electron chi connectivity index (χ4n) is 4.18. The first-order valence-corrected chi connectivity index (χ1v) is 13.7. The fraction of sp³-hybridized carbons (Fsp3) is 0.600. The minimum atomic E-state index is -0.229. The van der Waals surface area contributed by atoms with Crippen molar-refractivity contribution >= 4 is 11.7 Å². The number of benzene rings is 1. The van der Waals surface area contributed by atoms with Crippen LogP contribution >= 0.6 is 0 Å². The second-order valence-corrected chi connectivity index (χ2v) is 9.38. The first-order chi connectivity index (χ1) is 16.8. The Morgan fingerprint density at radius 1 is 0.794 bits per heavy atom. The number of hydrogen-bond acceptors (Lipinski definition) is 4. The molecule has 0 aliphatic carbocycles. The van der Waals surface area contributed by atoms with Gasteiger partial charge in [0.25, 0.3) is 0 Å². The van der Waals surface area contributed by atoms with Gasteiger partial charge in [-0.05, 0) is 42.7 Å². The molecular weight excluding hydrogens is 420 g/mol. The molecule has 0 saturated carbocycles. The quantitative estimate of drug-likeness (QED) is 0.157. The summed E-state index contributed by atoms with van der Waals surface area (Å²) in [5, 5.41) is 3.51. The van der Waals surface area contributed by atoms with Gasteiger partial charge >= 0.3 is 5.97 Å². The topological polar surface area (TPSA) is 51.2 Å². The van der Waals surface area contributed by atoms with Crippen LogP contribution in [0.3, 0.4) is 0 Å². The van der Waals surface area contributed by atoms with Gasteiger partial charge in [0.15, 0.2) is 0 Å². The smallest absolute Gasteiger partial charge is 0.311 e. The van der Waals surface area contributed by atoms with Crippen LogP contribution in [-0.4, -0.2) is 17.5 Å². The van der Waals surface area contributed by atoms with Gasteiger partial charge in [-0.25, -0.2) is 0 Å². The van der Waals surface area contributed by atoms with Crippen LogP contribution in [0, 0.1) is 0 Å². The Morgan fingerprint density at radius 3 is 1.94 bits per heavy atom. The number of unbranched alkanes of at least 4 members (excludes halogenated alkanes) is 13. The molecule has 4 nitrogen and oxygen atoms in total. The third kappa shape index (κ3) is 14.0. The summed E-state index contributed by atoms with van der Waals surface area (Å²) in [6, 6.07) is 11.9. The average molecular weight is 467 g/mol. The minimum absolute atomic E-state index is 0.229. The Hall–Kier alpha value is -2.36. The lowest BCUT2D eigenvalue weighted by molar-refractivity contribution is -0.134. The van der Waals surface area contributed by atoms with E-state index in [0.717, 1.165) is 17.8 Å². The van der Waals surface area contributed by atoms with Crippen molar-refractivity contribution in [1.82, 2.24) is 4.98 Å². The zero-order valence-corrected chi connectivity index (χ0v) is 21.4. The van der Waals surface area contributed by atoms with Gasteiger partial charge in [0, 0.05) is 24.8 Å². The van der Waals surface area contributed by atoms with Crippen LogP contribution in [0.25, 0.3) is 0 Å². The standard InChI is InChI=1S/C30H46N2O2/c1-2-3-4-5-6-7-8-9-10-11-12-13-14-15-25-32-28-21-18-27(19-22-28)20-23-30(33)34-29-17-16-24-31-26-29/h16-19,21-22,24,26,32H,2-15,20,23,25H2,1H3. The number of ether oxygens (including phenoxy) is 1. The molecule has 2 rings (SSSR count). The van der Waals surface area contributed by atoms with Crippen LogP contribution in [-0.2, 0) is 11.2 Å². The molecule has 4 heteroatoms. The van der Waals surface area contributed by atoms with Crippen molar-refractivity contribution in [2.75, 3.05) is 11.9 Å². The summed E-state index contributed by atoms with van der Waals surface area (Å²) in [7, 11) is 0. The maximum Gasteiger partial charge on any atom is 0.311 e. The van der Waals surface area contributed by atoms with E-state index < -0.39 is 0 Å². The molecular formula is C30H46N2O2. The molecule has 0 radical (unpaired) electrons. The Bertz CT molecular complexity index is 746. The summed E-state index contributed by atoms with van der Waals surface area (Å²) in [4.78, 5) is 15.9. The van der Waals surface area contributed by atoms with Crippen LogP contribution in [0.4, 0.5) is 5.69 Å². The summed E-state index contributed by atoms with van der Waals surface area (Å²) < 4.78 is 5.28. The van der Waals surface area contributed by atoms with E-state index in [4.69, 9.17) is 4.74 Å². The lowest BCUT2D eigenvalue weighted by Crippen LogP contribution is -2.09. The lowest BCUT2D eigenvalue weighted by Gasteiger charge is -2.08. The highest BCUT2D eigenvalue weighted by molar-refractivity contribution is 5.72. The first kappa shape index (κ1) is 27.9. The summed E-state index contributed by atoms with van der Waals surface area (Å²) in [6.07, 6.45) is 23.7. The van der Waals surface area contributed by atoms with Crippen LogP contribution in [0.1, 0.15) is 109 Å². The van der Waals surface area contributed by atoms with Gasteiger partial charge in [0.2, 0.25) is 0 Å². The number of nitrogens with one attached hydrogen (secondary N) is 1. The Morgan fingerprint density at radius 2 is 1.38 bits per heavy atom. The molecule has 0 fully saturated rings. The van der Waals surface area contributed by atoms with E-state index in [1.807, 2.05) is 0 Å². The fourth-order valence-corrected chi connectivity index (χ4v) is 4.18. The molecule has 0 unspecified atom stereocenters. The number of pyridine rings is 1. The number of nitrogens with zero attached hydrogens (tertiary/aromatic N) is 1. The highest BCUT2D eigenvalue weighted by atomic mass is 16.5. The number of carbonyl (C=O) groups excluding carboxylic acids is 1. The average Bonchev–Trinajstić information content (AvgIpc) is 2.86. The third-order valence-corrected chi connectivity index (χ3v) is 6.30. The maximum atomic E-state index is 12.0. The second-order valence-electron chi connectivity index (χ2n) is 9.38. The number of anilines is 1. The van der Waals surface area contributed by atoms with Crippen LogP contribution in [0.5, 0.6) is 5.75 Å². The Labute approximate surface area is 207 Å². The number of hydrogen-bond donors (Lipinski definition) is 1. The molecule has 0 aliphatic rings. The minimum Gasteiger partial charge on any atom is -0.425 e. The van der Waals surface area contributed by atoms with Crippen LogP contribution in [0.2, 0.25) is 0 Å². The van der Waals surface area contributed by atoms with Crippen molar-refractivity contribution < 1.29 is 9.53 Å². The van der Waals surface area contributed by atoms with Gasteiger partial charge in [-0.1, -0.05) is 103 Å². The van der Waals surface area contributed by atoms with Crippen molar-refractivity contribution in [2.24, 2.45) is 0 Å². The van der Waals surface area contributed by atoms with E-state index in [1.54, 1.807) is 24.5 Å². The van der Waals surface area contributed by atoms with Gasteiger partial charge in [-0.15, -0.1) is 0 Å². The van der Waals surface area contributed by atoms with Gasteiger partial charge in [-0.2, -0.15) is 0 Å². The molecule has 0 amide bonds. The van der Waals surface area contributed by atoms with Gasteiger partial charge in [-0.3, -0.25) is 9.78 Å². The number of rotatable bonds is 20. The van der Waals surface area contributed by atoms with Gasteiger partial charge in [0.05, 0.1) is 6.20 Å². The summed E-state index contributed by atoms with van der Waals surface area (Å²) in [5.41, 5.74) is 2.29. The monoisotopic (exact) mass is 466 g/mol. The molecule has 0 bridgehead atoms. The number of esters is 1. The van der Waals surface area contributed by atoms with E-state index in [-0.39, 0.29) is 5.97 Å². The van der Waals surface area contributed by atoms with E-state index in [9.17, 15) is 4.79 Å². The predicted octanol–water partition coefficient (Wildman–Crippen LogP) is 8.51. The molecule has 0 spiro atoms. The predicted molar refractivity (Wildman–Crippen MR) is 143 cm³/mol. The molecule has 0 atom stereocenters. The zero-order chi connectivity index (χ0) is 24.1. The molecule has 1 heterocycles. The van der Waals surface area contributed by atoms with Crippen molar-refractivity contribution in [3.05, 3.63) is 54.4 Å². The third-order valence-electron chi connectivity index (χ3n) is 6.30. The van der Waals surface area contributed by atoms with Crippen molar-refractivity contribution in [2.45, 2.75) is 110 Å². The Balaban J connectivity index is 1.41. The molecule has 1 aromatic heterocycles. The molecule has 1 aromatic carbocycles. The summed E-state index contributed by atoms with van der Waals surface area (Å²) in [5.74, 6) is 0.267. The van der Waals surface area contributed by atoms with Crippen LogP contribution < -0.4 is 10.1 Å². The second kappa shape index (κ2) is 19.0. The zero-order valence-electron chi connectivity index (χ0n) is 21.4.